The van der Waals surface area contributed by atoms with Crippen LogP contribution in [0.15, 0.2) is 61.2 Å². The molecule has 0 saturated heterocycles. The van der Waals surface area contributed by atoms with E-state index in [9.17, 15) is 0 Å². The van der Waals surface area contributed by atoms with E-state index in [0.717, 1.165) is 24.6 Å². The molecule has 0 aliphatic rings. The average molecular weight is 278 g/mol. The molecule has 1 aromatic carbocycles. The lowest BCUT2D eigenvalue weighted by Gasteiger charge is -2.08. The van der Waals surface area contributed by atoms with Crippen LogP contribution in [0.5, 0.6) is 0 Å². The third-order valence-corrected chi connectivity index (χ3v) is 3.28. The molecule has 0 amide bonds. The van der Waals surface area contributed by atoms with Gasteiger partial charge < -0.3 is 9.88 Å². The van der Waals surface area contributed by atoms with Gasteiger partial charge in [-0.3, -0.25) is 0 Å². The molecule has 21 heavy (non-hydrogen) atoms. The maximum absolute atomic E-state index is 4.45. The average Bonchev–Trinajstić information content (AvgIpc) is 2.99. The molecule has 0 spiro atoms. The van der Waals surface area contributed by atoms with Crippen LogP contribution in [0.4, 0.5) is 5.82 Å². The minimum atomic E-state index is 0.772. The molecule has 0 saturated carbocycles. The lowest BCUT2D eigenvalue weighted by molar-refractivity contribution is 0.796. The zero-order valence-corrected chi connectivity index (χ0v) is 12.0. The number of benzene rings is 1. The normalized spacial score (nSPS) is 10.5. The Labute approximate surface area is 124 Å². The van der Waals surface area contributed by atoms with Crippen LogP contribution < -0.4 is 5.32 Å². The van der Waals surface area contributed by atoms with E-state index in [1.165, 1.54) is 11.1 Å². The summed E-state index contributed by atoms with van der Waals surface area (Å²) in [4.78, 5) is 8.52. The summed E-state index contributed by atoms with van der Waals surface area (Å²) >= 11 is 0. The quantitative estimate of drug-likeness (QED) is 0.779. The van der Waals surface area contributed by atoms with Crippen LogP contribution >= 0.6 is 0 Å². The summed E-state index contributed by atoms with van der Waals surface area (Å²) in [5.41, 5.74) is 3.54. The summed E-state index contributed by atoms with van der Waals surface area (Å²) in [6, 6.07) is 14.6. The molecule has 2 heterocycles. The maximum atomic E-state index is 4.45. The van der Waals surface area contributed by atoms with Gasteiger partial charge in [0.2, 0.25) is 0 Å². The van der Waals surface area contributed by atoms with E-state index in [-0.39, 0.29) is 0 Å². The number of aryl methyl sites for hydroxylation is 1. The summed E-state index contributed by atoms with van der Waals surface area (Å²) in [6.07, 6.45) is 5.61. The first-order chi connectivity index (χ1) is 10.3. The zero-order chi connectivity index (χ0) is 14.5. The summed E-state index contributed by atoms with van der Waals surface area (Å²) in [5, 5.41) is 3.36. The highest BCUT2D eigenvalue weighted by Gasteiger charge is 1.99. The zero-order valence-electron chi connectivity index (χ0n) is 12.0. The van der Waals surface area contributed by atoms with Crippen molar-refractivity contribution in [3.63, 3.8) is 0 Å². The Hall–Kier alpha value is -2.62. The highest BCUT2D eigenvalue weighted by Crippen LogP contribution is 2.10. The van der Waals surface area contributed by atoms with Gasteiger partial charge in [-0.15, -0.1) is 0 Å². The van der Waals surface area contributed by atoms with Crippen molar-refractivity contribution in [3.05, 3.63) is 78.0 Å². The van der Waals surface area contributed by atoms with Crippen molar-refractivity contribution in [2.45, 2.75) is 20.0 Å². The minimum Gasteiger partial charge on any atom is -0.366 e. The molecule has 3 aromatic rings. The summed E-state index contributed by atoms with van der Waals surface area (Å²) < 4.78 is 2.06. The number of hydrogen-bond acceptors (Lipinski definition) is 3. The van der Waals surface area contributed by atoms with Gasteiger partial charge in [0, 0.05) is 31.2 Å². The third kappa shape index (κ3) is 3.69. The Morgan fingerprint density at radius 1 is 1.10 bits per heavy atom. The second-order valence-electron chi connectivity index (χ2n) is 5.07. The molecule has 0 atom stereocenters. The number of hydrogen-bond donors (Lipinski definition) is 1. The van der Waals surface area contributed by atoms with Crippen molar-refractivity contribution in [1.29, 1.82) is 0 Å². The number of rotatable bonds is 5. The van der Waals surface area contributed by atoms with Gasteiger partial charge in [-0.25, -0.2) is 9.97 Å². The van der Waals surface area contributed by atoms with Gasteiger partial charge in [0.15, 0.2) is 0 Å². The number of imidazole rings is 1. The van der Waals surface area contributed by atoms with Crippen LogP contribution in [0.25, 0.3) is 0 Å². The molecule has 0 aliphatic heterocycles. The number of nitrogens with one attached hydrogen (secondary N) is 1. The molecule has 0 unspecified atom stereocenters. The smallest absolute Gasteiger partial charge is 0.126 e. The van der Waals surface area contributed by atoms with E-state index >= 15 is 0 Å². The highest BCUT2D eigenvalue weighted by molar-refractivity contribution is 5.37. The Kier molecular flexibility index (Phi) is 3.96. The Bertz CT molecular complexity index is 704. The van der Waals surface area contributed by atoms with E-state index in [4.69, 9.17) is 0 Å². The molecule has 106 valence electrons. The van der Waals surface area contributed by atoms with Crippen LogP contribution in [0.1, 0.15) is 16.8 Å². The second-order valence-corrected chi connectivity index (χ2v) is 5.07. The predicted molar refractivity (Wildman–Crippen MR) is 84.1 cm³/mol. The highest BCUT2D eigenvalue weighted by atomic mass is 15.0. The first kappa shape index (κ1) is 13.4. The molecule has 0 bridgehead atoms. The van der Waals surface area contributed by atoms with Gasteiger partial charge in [-0.05, 0) is 30.2 Å². The molecular formula is C17H18N4. The van der Waals surface area contributed by atoms with E-state index in [0.29, 0.717) is 0 Å². The van der Waals surface area contributed by atoms with Crippen molar-refractivity contribution >= 4 is 5.82 Å². The lowest BCUT2D eigenvalue weighted by atomic mass is 10.1. The van der Waals surface area contributed by atoms with Crippen LogP contribution in [0.2, 0.25) is 0 Å². The van der Waals surface area contributed by atoms with Crippen molar-refractivity contribution in [1.82, 2.24) is 14.5 Å². The molecule has 2 aromatic heterocycles. The second kappa shape index (κ2) is 6.22. The lowest BCUT2D eigenvalue weighted by Crippen LogP contribution is -2.03. The first-order valence-corrected chi connectivity index (χ1v) is 7.01. The molecule has 3 rings (SSSR count). The van der Waals surface area contributed by atoms with E-state index in [1.54, 1.807) is 6.20 Å². The summed E-state index contributed by atoms with van der Waals surface area (Å²) in [7, 11) is 0. The van der Waals surface area contributed by atoms with E-state index in [2.05, 4.69) is 44.1 Å². The van der Waals surface area contributed by atoms with E-state index in [1.807, 2.05) is 37.6 Å². The fraction of sp³-hybridized carbons (Fsp3) is 0.176. The van der Waals surface area contributed by atoms with Crippen molar-refractivity contribution in [2.75, 3.05) is 5.32 Å². The van der Waals surface area contributed by atoms with Crippen molar-refractivity contribution in [3.8, 4) is 0 Å². The SMILES string of the molecule is Cc1cccc(NCc2cccc(Cn3ccnc3)c2)n1. The molecule has 4 heteroatoms. The first-order valence-electron chi connectivity index (χ1n) is 7.01. The summed E-state index contributed by atoms with van der Waals surface area (Å²) in [5.74, 6) is 0.912. The minimum absolute atomic E-state index is 0.772. The predicted octanol–water partition coefficient (Wildman–Crippen LogP) is 3.25. The van der Waals surface area contributed by atoms with Crippen LogP contribution in [0.3, 0.4) is 0 Å². The summed E-state index contributed by atoms with van der Waals surface area (Å²) in [6.45, 7) is 3.61. The van der Waals surface area contributed by atoms with Crippen LogP contribution in [0, 0.1) is 6.92 Å². The number of pyridine rings is 1. The fourth-order valence-corrected chi connectivity index (χ4v) is 2.26. The van der Waals surface area contributed by atoms with Crippen LogP contribution in [-0.4, -0.2) is 14.5 Å². The molecular weight excluding hydrogens is 260 g/mol. The third-order valence-electron chi connectivity index (χ3n) is 3.28. The Balaban J connectivity index is 1.66. The van der Waals surface area contributed by atoms with Crippen molar-refractivity contribution in [2.24, 2.45) is 0 Å². The van der Waals surface area contributed by atoms with Gasteiger partial charge in [0.25, 0.3) is 0 Å². The van der Waals surface area contributed by atoms with Crippen molar-refractivity contribution < 1.29 is 0 Å². The standard InChI is InChI=1S/C17H18N4/c1-14-4-2-7-17(20-14)19-11-15-5-3-6-16(10-15)12-21-9-8-18-13-21/h2-10,13H,11-12H2,1H3,(H,19,20). The molecule has 1 N–H and O–H groups in total. The van der Waals surface area contributed by atoms with Gasteiger partial charge in [-0.1, -0.05) is 30.3 Å². The number of aromatic nitrogens is 3. The fourth-order valence-electron chi connectivity index (χ4n) is 2.26. The van der Waals surface area contributed by atoms with Gasteiger partial charge >= 0.3 is 0 Å². The topological polar surface area (TPSA) is 42.7 Å². The monoisotopic (exact) mass is 278 g/mol. The number of anilines is 1. The Morgan fingerprint density at radius 3 is 2.76 bits per heavy atom. The molecule has 0 radical (unpaired) electrons. The van der Waals surface area contributed by atoms with Gasteiger partial charge in [0.1, 0.15) is 5.82 Å². The van der Waals surface area contributed by atoms with E-state index < -0.39 is 0 Å². The molecule has 0 aliphatic carbocycles. The largest absolute Gasteiger partial charge is 0.366 e. The van der Waals surface area contributed by atoms with Crippen LogP contribution in [-0.2, 0) is 13.1 Å². The Morgan fingerprint density at radius 2 is 1.95 bits per heavy atom. The number of nitrogens with zero attached hydrogens (tertiary/aromatic N) is 3. The van der Waals surface area contributed by atoms with Gasteiger partial charge in [-0.2, -0.15) is 0 Å². The maximum Gasteiger partial charge on any atom is 0.126 e. The molecule has 0 fully saturated rings. The molecule has 4 nitrogen and oxygen atoms in total. The van der Waals surface area contributed by atoms with Gasteiger partial charge in [0.05, 0.1) is 6.33 Å².